The molecule has 1 rings (SSSR count). The largest absolute Gasteiger partial charge is 0.493 e. The van der Waals surface area contributed by atoms with Gasteiger partial charge in [0.2, 0.25) is 11.8 Å². The molecule has 0 radical (unpaired) electrons. The summed E-state index contributed by atoms with van der Waals surface area (Å²) in [7, 11) is 0. The summed E-state index contributed by atoms with van der Waals surface area (Å²) < 4.78 is 4.46. The lowest BCUT2D eigenvalue weighted by molar-refractivity contribution is 0.409. The average Bonchev–Trinajstić information content (AvgIpc) is 1.85. The van der Waals surface area contributed by atoms with Gasteiger partial charge < -0.3 is 9.52 Å². The van der Waals surface area contributed by atoms with Crippen LogP contribution >= 0.6 is 0 Å². The van der Waals surface area contributed by atoms with Gasteiger partial charge in [-0.3, -0.25) is 0 Å². The van der Waals surface area contributed by atoms with Crippen molar-refractivity contribution >= 4 is 6.08 Å². The van der Waals surface area contributed by atoms with E-state index in [2.05, 4.69) is 16.0 Å². The van der Waals surface area contributed by atoms with E-state index >= 15 is 0 Å². The van der Waals surface area contributed by atoms with Crippen LogP contribution in [0.5, 0.6) is 5.88 Å². The Kier molecular flexibility index (Phi) is 1.53. The van der Waals surface area contributed by atoms with Gasteiger partial charge in [-0.1, -0.05) is 6.58 Å². The van der Waals surface area contributed by atoms with Gasteiger partial charge in [-0.25, -0.2) is 4.79 Å². The summed E-state index contributed by atoms with van der Waals surface area (Å²) in [6, 6.07) is 0.882. The molecule has 0 saturated carbocycles. The van der Waals surface area contributed by atoms with E-state index in [1.54, 1.807) is 0 Å². The quantitative estimate of drug-likeness (QED) is 0.611. The molecule has 10 heavy (non-hydrogen) atoms. The summed E-state index contributed by atoms with van der Waals surface area (Å²) in [5, 5.41) is 8.71. The van der Waals surface area contributed by atoms with E-state index in [0.29, 0.717) is 0 Å². The van der Waals surface area contributed by atoms with Crippen molar-refractivity contribution < 1.29 is 9.52 Å². The van der Waals surface area contributed by atoms with Gasteiger partial charge >= 0.3 is 5.63 Å². The zero-order valence-electron chi connectivity index (χ0n) is 5.07. The zero-order chi connectivity index (χ0) is 7.56. The highest BCUT2D eigenvalue weighted by molar-refractivity contribution is 5.33. The van der Waals surface area contributed by atoms with E-state index in [1.807, 2.05) is 0 Å². The van der Waals surface area contributed by atoms with Gasteiger partial charge in [-0.05, 0) is 6.08 Å². The molecule has 0 atom stereocenters. The lowest BCUT2D eigenvalue weighted by Gasteiger charge is -1.89. The van der Waals surface area contributed by atoms with E-state index in [0.717, 1.165) is 6.07 Å². The average molecular weight is 139 g/mol. The number of hydrogen-bond donors (Lipinski definition) is 1. The van der Waals surface area contributed by atoms with Gasteiger partial charge in [0.15, 0.2) is 0 Å². The zero-order valence-corrected chi connectivity index (χ0v) is 5.07. The van der Waals surface area contributed by atoms with Gasteiger partial charge in [-0.2, -0.15) is 4.98 Å². The van der Waals surface area contributed by atoms with Gasteiger partial charge in [0.25, 0.3) is 0 Å². The van der Waals surface area contributed by atoms with Gasteiger partial charge in [0.05, 0.1) is 6.07 Å². The third-order valence-corrected chi connectivity index (χ3v) is 0.851. The van der Waals surface area contributed by atoms with Crippen LogP contribution in [0.4, 0.5) is 0 Å². The topological polar surface area (TPSA) is 63.3 Å². The number of aromatic hydroxyl groups is 1. The SMILES string of the molecule is C=Cc1nc(O)cc(=O)o1. The maximum absolute atomic E-state index is 10.5. The first kappa shape index (κ1) is 6.54. The molecule has 0 saturated heterocycles. The molecule has 52 valence electrons. The summed E-state index contributed by atoms with van der Waals surface area (Å²) in [4.78, 5) is 13.9. The highest BCUT2D eigenvalue weighted by Crippen LogP contribution is 2.00. The Labute approximate surface area is 56.5 Å². The Bertz CT molecular complexity index is 302. The van der Waals surface area contributed by atoms with Crippen LogP contribution in [-0.2, 0) is 0 Å². The molecule has 0 aliphatic heterocycles. The number of rotatable bonds is 1. The molecule has 0 fully saturated rings. The van der Waals surface area contributed by atoms with Crippen molar-refractivity contribution in [3.05, 3.63) is 29.0 Å². The van der Waals surface area contributed by atoms with E-state index in [4.69, 9.17) is 5.11 Å². The normalized spacial score (nSPS) is 9.20. The van der Waals surface area contributed by atoms with Gasteiger partial charge in [0.1, 0.15) is 0 Å². The van der Waals surface area contributed by atoms with Crippen molar-refractivity contribution in [3.8, 4) is 5.88 Å². The van der Waals surface area contributed by atoms with Crippen molar-refractivity contribution in [1.82, 2.24) is 4.98 Å². The second-order valence-electron chi connectivity index (χ2n) is 1.58. The lowest BCUT2D eigenvalue weighted by atomic mass is 10.6. The lowest BCUT2D eigenvalue weighted by Crippen LogP contribution is -1.98. The molecule has 4 nitrogen and oxygen atoms in total. The molecule has 0 bridgehead atoms. The van der Waals surface area contributed by atoms with E-state index in [-0.39, 0.29) is 11.8 Å². The third kappa shape index (κ3) is 1.22. The molecule has 0 amide bonds. The van der Waals surface area contributed by atoms with Crippen LogP contribution in [0.3, 0.4) is 0 Å². The molecular weight excluding hydrogens is 134 g/mol. The first-order valence-corrected chi connectivity index (χ1v) is 2.56. The molecule has 1 aromatic heterocycles. The summed E-state index contributed by atoms with van der Waals surface area (Å²) in [6.45, 7) is 3.31. The highest BCUT2D eigenvalue weighted by atomic mass is 16.4. The van der Waals surface area contributed by atoms with E-state index in [9.17, 15) is 4.79 Å². The number of hydrogen-bond acceptors (Lipinski definition) is 4. The van der Waals surface area contributed by atoms with Crippen LogP contribution in [-0.4, -0.2) is 10.1 Å². The predicted molar refractivity (Wildman–Crippen MR) is 34.5 cm³/mol. The fraction of sp³-hybridized carbons (Fsp3) is 0. The summed E-state index contributed by atoms with van der Waals surface area (Å²) in [5.74, 6) is -0.337. The first-order chi connectivity index (χ1) is 4.72. The summed E-state index contributed by atoms with van der Waals surface area (Å²) >= 11 is 0. The van der Waals surface area contributed by atoms with Crippen LogP contribution in [0.25, 0.3) is 6.08 Å². The molecule has 0 aliphatic rings. The monoisotopic (exact) mass is 139 g/mol. The smallest absolute Gasteiger partial charge is 0.342 e. The first-order valence-electron chi connectivity index (χ1n) is 2.56. The van der Waals surface area contributed by atoms with Crippen LogP contribution in [0.15, 0.2) is 21.9 Å². The van der Waals surface area contributed by atoms with Gasteiger partial charge in [0, 0.05) is 0 Å². The minimum atomic E-state index is -0.637. The third-order valence-electron chi connectivity index (χ3n) is 0.851. The Balaban J connectivity index is 3.32. The van der Waals surface area contributed by atoms with Crippen molar-refractivity contribution in [2.24, 2.45) is 0 Å². The van der Waals surface area contributed by atoms with Crippen LogP contribution in [0.2, 0.25) is 0 Å². The summed E-state index contributed by atoms with van der Waals surface area (Å²) in [6.07, 6.45) is 1.24. The molecule has 4 heteroatoms. The molecule has 0 aliphatic carbocycles. The fourth-order valence-electron chi connectivity index (χ4n) is 0.493. The summed E-state index contributed by atoms with van der Waals surface area (Å²) in [5.41, 5.74) is -0.637. The van der Waals surface area contributed by atoms with Crippen molar-refractivity contribution in [3.63, 3.8) is 0 Å². The minimum absolute atomic E-state index is 0.0185. The van der Waals surface area contributed by atoms with Crippen molar-refractivity contribution in [2.75, 3.05) is 0 Å². The second-order valence-corrected chi connectivity index (χ2v) is 1.58. The standard InChI is InChI=1S/C6H5NO3/c1-2-5-7-4(8)3-6(9)10-5/h2-3,8H,1H2. The second kappa shape index (κ2) is 2.34. The Hall–Kier alpha value is -1.58. The molecule has 0 spiro atoms. The Morgan fingerprint density at radius 3 is 3.00 bits per heavy atom. The molecule has 1 N–H and O–H groups in total. The number of nitrogens with zero attached hydrogens (tertiary/aromatic N) is 1. The van der Waals surface area contributed by atoms with E-state index < -0.39 is 5.63 Å². The maximum Gasteiger partial charge on any atom is 0.342 e. The van der Waals surface area contributed by atoms with Crippen LogP contribution in [0.1, 0.15) is 5.89 Å². The molecule has 1 aromatic rings. The molecular formula is C6H5NO3. The van der Waals surface area contributed by atoms with Gasteiger partial charge in [-0.15, -0.1) is 0 Å². The van der Waals surface area contributed by atoms with Crippen LogP contribution in [0, 0.1) is 0 Å². The minimum Gasteiger partial charge on any atom is -0.493 e. The molecule has 1 heterocycles. The fourth-order valence-corrected chi connectivity index (χ4v) is 0.493. The maximum atomic E-state index is 10.5. The highest BCUT2D eigenvalue weighted by Gasteiger charge is 1.95. The number of aromatic nitrogens is 1. The Morgan fingerprint density at radius 2 is 2.50 bits per heavy atom. The van der Waals surface area contributed by atoms with Crippen molar-refractivity contribution in [1.29, 1.82) is 0 Å². The molecule has 0 unspecified atom stereocenters. The predicted octanol–water partition coefficient (Wildman–Crippen LogP) is 0.383. The van der Waals surface area contributed by atoms with Crippen molar-refractivity contribution in [2.45, 2.75) is 0 Å². The van der Waals surface area contributed by atoms with E-state index in [1.165, 1.54) is 6.08 Å². The molecule has 0 aromatic carbocycles. The Morgan fingerprint density at radius 1 is 1.80 bits per heavy atom. The van der Waals surface area contributed by atoms with Crippen LogP contribution < -0.4 is 5.63 Å².